The molecule has 0 N–H and O–H groups in total. The molecule has 1 aromatic carbocycles. The summed E-state index contributed by atoms with van der Waals surface area (Å²) in [6.45, 7) is 0. The molecule has 5 nitrogen and oxygen atoms in total. The molecule has 1 aromatic heterocycles. The zero-order chi connectivity index (χ0) is 14.4. The number of hydrogen-bond acceptors (Lipinski definition) is 5. The standard InChI is InChI=1S/C15H13NO4/c16-9-5-1-2-8-14(17)20-13-10-15(18)19-12-7-4-3-6-11(12)13/h3-4,6-7,10H,1-2,5,8H2. The van der Waals surface area contributed by atoms with Gasteiger partial charge in [-0.3, -0.25) is 4.79 Å². The first-order valence-corrected chi connectivity index (χ1v) is 6.31. The Labute approximate surface area is 115 Å². The van der Waals surface area contributed by atoms with Crippen molar-refractivity contribution in [3.05, 3.63) is 40.8 Å². The third-order valence-electron chi connectivity index (χ3n) is 2.76. The lowest BCUT2D eigenvalue weighted by molar-refractivity contribution is -0.134. The van der Waals surface area contributed by atoms with Crippen LogP contribution in [0.25, 0.3) is 11.0 Å². The van der Waals surface area contributed by atoms with Gasteiger partial charge in [-0.15, -0.1) is 0 Å². The predicted molar refractivity (Wildman–Crippen MR) is 72.2 cm³/mol. The second kappa shape index (κ2) is 6.53. The molecule has 0 aliphatic heterocycles. The van der Waals surface area contributed by atoms with Crippen LogP contribution in [-0.2, 0) is 4.79 Å². The summed E-state index contributed by atoms with van der Waals surface area (Å²) in [7, 11) is 0. The molecule has 20 heavy (non-hydrogen) atoms. The number of unbranched alkanes of at least 4 members (excludes halogenated alkanes) is 2. The monoisotopic (exact) mass is 271 g/mol. The van der Waals surface area contributed by atoms with Gasteiger partial charge in [-0.2, -0.15) is 5.26 Å². The Hall–Kier alpha value is -2.61. The zero-order valence-corrected chi connectivity index (χ0v) is 10.8. The van der Waals surface area contributed by atoms with Gasteiger partial charge in [0.05, 0.1) is 17.5 Å². The molecule has 2 rings (SSSR count). The number of carbonyl (C=O) groups excluding carboxylic acids is 1. The number of carbonyl (C=O) groups is 1. The lowest BCUT2D eigenvalue weighted by atomic mass is 10.2. The van der Waals surface area contributed by atoms with Gasteiger partial charge < -0.3 is 9.15 Å². The Morgan fingerprint density at radius 1 is 1.30 bits per heavy atom. The van der Waals surface area contributed by atoms with E-state index in [1.807, 2.05) is 6.07 Å². The number of para-hydroxylation sites is 1. The van der Waals surface area contributed by atoms with E-state index in [4.69, 9.17) is 14.4 Å². The molecular weight excluding hydrogens is 258 g/mol. The third kappa shape index (κ3) is 3.45. The van der Waals surface area contributed by atoms with Gasteiger partial charge in [0.25, 0.3) is 0 Å². The van der Waals surface area contributed by atoms with Gasteiger partial charge in [0.1, 0.15) is 11.3 Å². The highest BCUT2D eigenvalue weighted by molar-refractivity contribution is 5.86. The topological polar surface area (TPSA) is 80.3 Å². The van der Waals surface area contributed by atoms with Crippen molar-refractivity contribution >= 4 is 16.9 Å². The second-order valence-corrected chi connectivity index (χ2v) is 4.27. The van der Waals surface area contributed by atoms with Crippen LogP contribution >= 0.6 is 0 Å². The molecule has 0 aliphatic carbocycles. The molecule has 0 saturated heterocycles. The minimum Gasteiger partial charge on any atom is -0.425 e. The van der Waals surface area contributed by atoms with E-state index < -0.39 is 11.6 Å². The Balaban J connectivity index is 2.11. The molecule has 0 unspecified atom stereocenters. The van der Waals surface area contributed by atoms with E-state index >= 15 is 0 Å². The fourth-order valence-corrected chi connectivity index (χ4v) is 1.81. The molecule has 0 spiro atoms. The maximum atomic E-state index is 11.7. The second-order valence-electron chi connectivity index (χ2n) is 4.27. The lowest BCUT2D eigenvalue weighted by Crippen LogP contribution is -2.10. The van der Waals surface area contributed by atoms with Gasteiger partial charge in [-0.1, -0.05) is 12.1 Å². The Bertz CT molecular complexity index is 712. The zero-order valence-electron chi connectivity index (χ0n) is 10.8. The van der Waals surface area contributed by atoms with Gasteiger partial charge in [-0.05, 0) is 25.0 Å². The summed E-state index contributed by atoms with van der Waals surface area (Å²) >= 11 is 0. The van der Waals surface area contributed by atoms with Crippen LogP contribution in [-0.4, -0.2) is 5.97 Å². The SMILES string of the molecule is N#CCCCCC(=O)Oc1cc(=O)oc2ccccc12. The predicted octanol–water partition coefficient (Wildman–Crippen LogP) is 2.78. The van der Waals surface area contributed by atoms with Gasteiger partial charge in [0.2, 0.25) is 0 Å². The van der Waals surface area contributed by atoms with Crippen LogP contribution in [0.3, 0.4) is 0 Å². The first-order chi connectivity index (χ1) is 9.70. The molecule has 0 bridgehead atoms. The molecule has 5 heteroatoms. The highest BCUT2D eigenvalue weighted by Crippen LogP contribution is 2.23. The van der Waals surface area contributed by atoms with Crippen molar-refractivity contribution in [2.75, 3.05) is 0 Å². The molecule has 0 saturated carbocycles. The van der Waals surface area contributed by atoms with E-state index in [9.17, 15) is 9.59 Å². The van der Waals surface area contributed by atoms with Crippen molar-refractivity contribution in [1.29, 1.82) is 5.26 Å². The lowest BCUT2D eigenvalue weighted by Gasteiger charge is -2.06. The first-order valence-electron chi connectivity index (χ1n) is 6.31. The molecule has 0 atom stereocenters. The van der Waals surface area contributed by atoms with E-state index in [0.717, 1.165) is 6.07 Å². The summed E-state index contributed by atoms with van der Waals surface area (Å²) in [5.74, 6) is -0.208. The molecular formula is C15H13NO4. The van der Waals surface area contributed by atoms with Crippen molar-refractivity contribution < 1.29 is 13.9 Å². The van der Waals surface area contributed by atoms with Crippen LogP contribution in [0.1, 0.15) is 25.7 Å². The van der Waals surface area contributed by atoms with Crippen LogP contribution in [0.5, 0.6) is 5.75 Å². The molecule has 102 valence electrons. The van der Waals surface area contributed by atoms with Crippen LogP contribution in [0.15, 0.2) is 39.5 Å². The van der Waals surface area contributed by atoms with Crippen LogP contribution < -0.4 is 10.4 Å². The summed E-state index contributed by atoms with van der Waals surface area (Å²) in [5, 5.41) is 8.99. The maximum absolute atomic E-state index is 11.7. The van der Waals surface area contributed by atoms with Crippen molar-refractivity contribution in [1.82, 2.24) is 0 Å². The normalized spacial score (nSPS) is 10.2. The van der Waals surface area contributed by atoms with Gasteiger partial charge in [0, 0.05) is 12.8 Å². The molecule has 0 amide bonds. The summed E-state index contributed by atoms with van der Waals surface area (Å²) in [6, 6.07) is 10.0. The van der Waals surface area contributed by atoms with Gasteiger partial charge in [0.15, 0.2) is 0 Å². The highest BCUT2D eigenvalue weighted by atomic mass is 16.5. The Kier molecular flexibility index (Phi) is 4.51. The quantitative estimate of drug-likeness (QED) is 0.474. The number of rotatable bonds is 5. The fraction of sp³-hybridized carbons (Fsp3) is 0.267. The number of hydrogen-bond donors (Lipinski definition) is 0. The first kappa shape index (κ1) is 13.8. The number of ether oxygens (including phenoxy) is 1. The third-order valence-corrected chi connectivity index (χ3v) is 2.76. The minimum absolute atomic E-state index is 0.210. The number of nitriles is 1. The van der Waals surface area contributed by atoms with Crippen LogP contribution in [0.4, 0.5) is 0 Å². The van der Waals surface area contributed by atoms with Crippen LogP contribution in [0.2, 0.25) is 0 Å². The average molecular weight is 271 g/mol. The fourth-order valence-electron chi connectivity index (χ4n) is 1.81. The van der Waals surface area contributed by atoms with E-state index in [1.54, 1.807) is 24.3 Å². The molecule has 2 aromatic rings. The smallest absolute Gasteiger partial charge is 0.339 e. The van der Waals surface area contributed by atoms with E-state index in [-0.39, 0.29) is 12.2 Å². The Morgan fingerprint density at radius 3 is 2.90 bits per heavy atom. The van der Waals surface area contributed by atoms with Crippen molar-refractivity contribution in [2.45, 2.75) is 25.7 Å². The molecule has 0 fully saturated rings. The van der Waals surface area contributed by atoms with E-state index in [2.05, 4.69) is 0 Å². The summed E-state index contributed by atoms with van der Waals surface area (Å²) < 4.78 is 10.2. The van der Waals surface area contributed by atoms with Crippen LogP contribution in [0, 0.1) is 11.3 Å². The van der Waals surface area contributed by atoms with E-state index in [1.165, 1.54) is 0 Å². The van der Waals surface area contributed by atoms with Crippen molar-refractivity contribution in [3.8, 4) is 11.8 Å². The van der Waals surface area contributed by atoms with Crippen molar-refractivity contribution in [2.24, 2.45) is 0 Å². The summed E-state index contributed by atoms with van der Waals surface area (Å²) in [6.07, 6.45) is 1.89. The summed E-state index contributed by atoms with van der Waals surface area (Å²) in [5.41, 5.74) is -0.178. The molecule has 0 aliphatic rings. The summed E-state index contributed by atoms with van der Waals surface area (Å²) in [4.78, 5) is 23.1. The number of nitrogens with zero attached hydrogens (tertiary/aromatic N) is 1. The highest BCUT2D eigenvalue weighted by Gasteiger charge is 2.10. The largest absolute Gasteiger partial charge is 0.425 e. The Morgan fingerprint density at radius 2 is 2.10 bits per heavy atom. The number of fused-ring (bicyclic) bond motifs is 1. The number of benzene rings is 1. The average Bonchev–Trinajstić information content (AvgIpc) is 2.43. The van der Waals surface area contributed by atoms with E-state index in [0.29, 0.717) is 30.2 Å². The van der Waals surface area contributed by atoms with Gasteiger partial charge >= 0.3 is 11.6 Å². The maximum Gasteiger partial charge on any atom is 0.339 e. The van der Waals surface area contributed by atoms with Gasteiger partial charge in [-0.25, -0.2) is 4.79 Å². The van der Waals surface area contributed by atoms with Crippen molar-refractivity contribution in [3.63, 3.8) is 0 Å². The molecule has 1 heterocycles. The number of esters is 1. The minimum atomic E-state index is -0.559. The molecule has 0 radical (unpaired) electrons.